The van der Waals surface area contributed by atoms with Gasteiger partial charge >= 0.3 is 0 Å². The van der Waals surface area contributed by atoms with Gasteiger partial charge in [0.2, 0.25) is 5.91 Å². The third-order valence-electron chi connectivity index (χ3n) is 6.04. The second kappa shape index (κ2) is 8.47. The van der Waals surface area contributed by atoms with Gasteiger partial charge in [-0.05, 0) is 49.4 Å². The number of amides is 1. The number of fused-ring (bicyclic) bond motifs is 4. The second-order valence-corrected chi connectivity index (χ2v) is 10.8. The number of hydrogen-bond donors (Lipinski definition) is 4. The summed E-state index contributed by atoms with van der Waals surface area (Å²) >= 11 is 0. The van der Waals surface area contributed by atoms with Crippen LogP contribution >= 0.6 is 0 Å². The largest absolute Gasteiger partial charge is 0.356 e. The third-order valence-corrected chi connectivity index (χ3v) is 7.07. The Morgan fingerprint density at radius 2 is 2.15 bits per heavy atom. The molecule has 1 aliphatic carbocycles. The van der Waals surface area contributed by atoms with Crippen LogP contribution in [0.5, 0.6) is 0 Å². The molecule has 11 heteroatoms. The maximum absolute atomic E-state index is 12.7. The molecule has 1 amide bonds. The number of H-pyrrole nitrogens is 2. The fraction of sp³-hybridized carbons (Fsp3) is 0.364. The van der Waals surface area contributed by atoms with E-state index in [2.05, 4.69) is 35.8 Å². The smallest absolute Gasteiger partial charge is 0.223 e. The molecular weight excluding hydrogens is 442 g/mol. The highest BCUT2D eigenvalue weighted by Gasteiger charge is 2.29. The van der Waals surface area contributed by atoms with Gasteiger partial charge in [0, 0.05) is 35.5 Å². The molecule has 33 heavy (non-hydrogen) atoms. The summed E-state index contributed by atoms with van der Waals surface area (Å²) in [6.45, 7) is 0.357. The molecule has 3 aromatic heterocycles. The van der Waals surface area contributed by atoms with Crippen molar-refractivity contribution in [2.24, 2.45) is 5.92 Å². The Labute approximate surface area is 190 Å². The van der Waals surface area contributed by atoms with Crippen molar-refractivity contribution in [3.63, 3.8) is 0 Å². The van der Waals surface area contributed by atoms with Crippen LogP contribution in [0.1, 0.15) is 24.1 Å². The Hall–Kier alpha value is -3.47. The predicted octanol–water partition coefficient (Wildman–Crippen LogP) is 2.23. The average Bonchev–Trinajstić information content (AvgIpc) is 3.39. The fourth-order valence-electron chi connectivity index (χ4n) is 4.41. The van der Waals surface area contributed by atoms with Gasteiger partial charge < -0.3 is 15.6 Å². The molecule has 1 aliphatic rings. The fourth-order valence-corrected chi connectivity index (χ4v) is 5.08. The van der Waals surface area contributed by atoms with Gasteiger partial charge in [0.15, 0.2) is 0 Å². The number of aromatic amines is 2. The maximum Gasteiger partial charge on any atom is 0.223 e. The number of anilines is 2. The van der Waals surface area contributed by atoms with Gasteiger partial charge in [-0.2, -0.15) is 5.10 Å². The Morgan fingerprint density at radius 3 is 3.00 bits per heavy atom. The standard InChI is InChI=1S/C22H25N7O3S/c1-33(31,32)8-2-7-23-22(30)13-3-5-18-16(10-13)19-20(24-12-25-21(19)28-18)27-15-4-6-17-14(9-15)11-26-29-17/h4,6,9,11-13H,2-3,5,7-8,10H2,1H3,(H,23,30)(H,26,29)(H2,24,25,27,28)/t13-/m0/s1. The van der Waals surface area contributed by atoms with Crippen LogP contribution in [-0.2, 0) is 27.5 Å². The molecule has 1 atom stereocenters. The molecule has 0 spiro atoms. The van der Waals surface area contributed by atoms with E-state index in [4.69, 9.17) is 0 Å². The topological polar surface area (TPSA) is 146 Å². The summed E-state index contributed by atoms with van der Waals surface area (Å²) in [6.07, 6.45) is 6.96. The van der Waals surface area contributed by atoms with Crippen LogP contribution in [0.4, 0.5) is 11.5 Å². The summed E-state index contributed by atoms with van der Waals surface area (Å²) in [6, 6.07) is 5.92. The molecule has 0 saturated heterocycles. The van der Waals surface area contributed by atoms with Crippen molar-refractivity contribution in [1.82, 2.24) is 30.5 Å². The molecule has 1 aromatic carbocycles. The summed E-state index contributed by atoms with van der Waals surface area (Å²) in [5, 5.41) is 15.2. The number of hydrogen-bond acceptors (Lipinski definition) is 7. The quantitative estimate of drug-likeness (QED) is 0.305. The van der Waals surface area contributed by atoms with Crippen molar-refractivity contribution in [3.8, 4) is 0 Å². The molecule has 0 fully saturated rings. The van der Waals surface area contributed by atoms with Gasteiger partial charge in [-0.1, -0.05) is 0 Å². The van der Waals surface area contributed by atoms with Gasteiger partial charge in [-0.15, -0.1) is 0 Å². The molecule has 0 aliphatic heterocycles. The number of aryl methyl sites for hydroxylation is 1. The van der Waals surface area contributed by atoms with Crippen LogP contribution in [0.25, 0.3) is 21.9 Å². The zero-order valence-electron chi connectivity index (χ0n) is 18.2. The molecule has 10 nitrogen and oxygen atoms in total. The van der Waals surface area contributed by atoms with Crippen molar-refractivity contribution < 1.29 is 13.2 Å². The lowest BCUT2D eigenvalue weighted by molar-refractivity contribution is -0.125. The highest BCUT2D eigenvalue weighted by atomic mass is 32.2. The first-order valence-electron chi connectivity index (χ1n) is 10.9. The Bertz CT molecular complexity index is 1440. The SMILES string of the molecule is CS(=O)(=O)CCCNC(=O)[C@H]1CCc2[nH]c3ncnc(Nc4ccc5[nH]ncc5c4)c3c2C1. The van der Waals surface area contributed by atoms with E-state index in [-0.39, 0.29) is 17.6 Å². The summed E-state index contributed by atoms with van der Waals surface area (Å²) in [5.41, 5.74) is 4.73. The van der Waals surface area contributed by atoms with Crippen molar-refractivity contribution in [3.05, 3.63) is 42.0 Å². The lowest BCUT2D eigenvalue weighted by atomic mass is 9.86. The van der Waals surface area contributed by atoms with Crippen molar-refractivity contribution in [2.75, 3.05) is 23.9 Å². The monoisotopic (exact) mass is 467 g/mol. The highest BCUT2D eigenvalue weighted by molar-refractivity contribution is 7.90. The van der Waals surface area contributed by atoms with E-state index in [9.17, 15) is 13.2 Å². The van der Waals surface area contributed by atoms with E-state index < -0.39 is 9.84 Å². The molecule has 0 unspecified atom stereocenters. The summed E-state index contributed by atoms with van der Waals surface area (Å²) in [7, 11) is -3.02. The normalized spacial score (nSPS) is 16.1. The molecule has 172 valence electrons. The van der Waals surface area contributed by atoms with Crippen molar-refractivity contribution in [1.29, 1.82) is 0 Å². The zero-order chi connectivity index (χ0) is 23.0. The number of nitrogens with zero attached hydrogens (tertiary/aromatic N) is 3. The van der Waals surface area contributed by atoms with Crippen molar-refractivity contribution in [2.45, 2.75) is 25.7 Å². The first kappa shape index (κ1) is 21.4. The molecule has 0 bridgehead atoms. The van der Waals surface area contributed by atoms with Crippen molar-refractivity contribution >= 4 is 49.2 Å². The number of sulfone groups is 1. The van der Waals surface area contributed by atoms with E-state index in [1.54, 1.807) is 6.20 Å². The third kappa shape index (κ3) is 4.54. The lowest BCUT2D eigenvalue weighted by Gasteiger charge is -2.22. The minimum absolute atomic E-state index is 0.0414. The predicted molar refractivity (Wildman–Crippen MR) is 126 cm³/mol. The molecule has 0 saturated carbocycles. The Morgan fingerprint density at radius 1 is 1.27 bits per heavy atom. The van der Waals surface area contributed by atoms with Crippen LogP contribution < -0.4 is 10.6 Å². The van der Waals surface area contributed by atoms with E-state index >= 15 is 0 Å². The molecule has 3 heterocycles. The summed E-state index contributed by atoms with van der Waals surface area (Å²) in [5.74, 6) is 0.543. The van der Waals surface area contributed by atoms with Crippen LogP contribution in [0, 0.1) is 5.92 Å². The highest BCUT2D eigenvalue weighted by Crippen LogP contribution is 2.35. The van der Waals surface area contributed by atoms with E-state index in [1.807, 2.05) is 18.2 Å². The number of benzene rings is 1. The van der Waals surface area contributed by atoms with E-state index in [0.717, 1.165) is 51.7 Å². The number of carbonyl (C=O) groups is 1. The van der Waals surface area contributed by atoms with Gasteiger partial charge in [0.25, 0.3) is 0 Å². The number of rotatable bonds is 7. The maximum atomic E-state index is 12.7. The molecule has 4 aromatic rings. The number of aromatic nitrogens is 5. The first-order chi connectivity index (χ1) is 15.9. The Kier molecular flexibility index (Phi) is 5.49. The molecule has 5 rings (SSSR count). The van der Waals surface area contributed by atoms with E-state index in [1.165, 1.54) is 12.6 Å². The minimum atomic E-state index is -3.02. The van der Waals surface area contributed by atoms with E-state index in [0.29, 0.717) is 25.2 Å². The van der Waals surface area contributed by atoms with Crippen LogP contribution in [0.3, 0.4) is 0 Å². The van der Waals surface area contributed by atoms with Crippen LogP contribution in [0.2, 0.25) is 0 Å². The molecular formula is C22H25N7O3S. The Balaban J connectivity index is 1.36. The lowest BCUT2D eigenvalue weighted by Crippen LogP contribution is -2.35. The van der Waals surface area contributed by atoms with Gasteiger partial charge in [0.1, 0.15) is 27.6 Å². The minimum Gasteiger partial charge on any atom is -0.356 e. The second-order valence-electron chi connectivity index (χ2n) is 8.54. The first-order valence-corrected chi connectivity index (χ1v) is 12.9. The van der Waals surface area contributed by atoms with Crippen LogP contribution in [0.15, 0.2) is 30.7 Å². The van der Waals surface area contributed by atoms with Gasteiger partial charge in [0.05, 0.1) is 22.9 Å². The summed E-state index contributed by atoms with van der Waals surface area (Å²) < 4.78 is 22.6. The molecule has 0 radical (unpaired) electrons. The number of carbonyl (C=O) groups excluding carboxylic acids is 1. The zero-order valence-corrected chi connectivity index (χ0v) is 19.0. The average molecular weight is 468 g/mol. The summed E-state index contributed by atoms with van der Waals surface area (Å²) in [4.78, 5) is 25.0. The molecule has 4 N–H and O–H groups in total. The van der Waals surface area contributed by atoms with Gasteiger partial charge in [-0.3, -0.25) is 9.89 Å². The number of nitrogens with one attached hydrogen (secondary N) is 4. The van der Waals surface area contributed by atoms with Crippen LogP contribution in [-0.4, -0.2) is 58.0 Å². The van der Waals surface area contributed by atoms with Gasteiger partial charge in [-0.25, -0.2) is 18.4 Å².